The minimum atomic E-state index is -0.989. The van der Waals surface area contributed by atoms with Crippen molar-refractivity contribution >= 4 is 5.91 Å². The Kier molecular flexibility index (Phi) is 6.26. The maximum Gasteiger partial charge on any atom is 0.273 e. The first-order valence-corrected chi connectivity index (χ1v) is 8.67. The molecule has 0 bridgehead atoms. The average Bonchev–Trinajstić information content (AvgIpc) is 3.14. The van der Waals surface area contributed by atoms with Gasteiger partial charge in [0.15, 0.2) is 5.69 Å². The number of piperazine rings is 1. The van der Waals surface area contributed by atoms with E-state index in [2.05, 4.69) is 25.8 Å². The Morgan fingerprint density at radius 1 is 1.35 bits per heavy atom. The van der Waals surface area contributed by atoms with Gasteiger partial charge in [0.2, 0.25) is 0 Å². The normalized spacial score (nSPS) is 16.4. The zero-order chi connectivity index (χ0) is 18.4. The lowest BCUT2D eigenvalue weighted by atomic mass is 10.1. The molecule has 1 aliphatic rings. The first-order valence-electron chi connectivity index (χ1n) is 8.67. The van der Waals surface area contributed by atoms with E-state index in [-0.39, 0.29) is 12.2 Å². The Morgan fingerprint density at radius 2 is 2.15 bits per heavy atom. The first kappa shape index (κ1) is 18.4. The summed E-state index contributed by atoms with van der Waals surface area (Å²) in [5, 5.41) is 23.8. The van der Waals surface area contributed by atoms with Gasteiger partial charge >= 0.3 is 0 Å². The van der Waals surface area contributed by atoms with Crippen molar-refractivity contribution in [1.82, 2.24) is 30.5 Å². The molecule has 0 unspecified atom stereocenters. The SMILES string of the molecule is O=C(NC[C@H](O)c1cccc(F)c1)c1cn(CCN2CCNCC2)nn1. The summed E-state index contributed by atoms with van der Waals surface area (Å²) < 4.78 is 14.8. The van der Waals surface area contributed by atoms with Gasteiger partial charge in [-0.25, -0.2) is 4.39 Å². The summed E-state index contributed by atoms with van der Waals surface area (Å²) in [5.41, 5.74) is 0.599. The molecule has 0 saturated carbocycles. The molecule has 26 heavy (non-hydrogen) atoms. The van der Waals surface area contributed by atoms with Gasteiger partial charge in [-0.1, -0.05) is 17.3 Å². The van der Waals surface area contributed by atoms with Crippen LogP contribution in [0.4, 0.5) is 4.39 Å². The standard InChI is InChI=1S/C17H23FN6O2/c18-14-3-1-2-13(10-14)16(25)11-20-17(26)15-12-24(22-21-15)9-8-23-6-4-19-5-7-23/h1-3,10,12,16,19,25H,4-9,11H2,(H,20,26)/t16-/m0/s1. The number of aliphatic hydroxyl groups is 1. The van der Waals surface area contributed by atoms with E-state index in [0.717, 1.165) is 32.7 Å². The van der Waals surface area contributed by atoms with Gasteiger partial charge in [-0.05, 0) is 17.7 Å². The molecule has 0 aliphatic carbocycles. The number of hydrogen-bond acceptors (Lipinski definition) is 6. The van der Waals surface area contributed by atoms with Gasteiger partial charge in [-0.3, -0.25) is 14.4 Å². The molecule has 8 nitrogen and oxygen atoms in total. The Morgan fingerprint density at radius 3 is 2.92 bits per heavy atom. The third kappa shape index (κ3) is 5.07. The van der Waals surface area contributed by atoms with E-state index in [1.54, 1.807) is 16.9 Å². The summed E-state index contributed by atoms with van der Waals surface area (Å²) in [7, 11) is 0. The molecule has 1 amide bonds. The molecule has 1 saturated heterocycles. The molecule has 1 fully saturated rings. The van der Waals surface area contributed by atoms with E-state index in [1.807, 2.05) is 0 Å². The summed E-state index contributed by atoms with van der Waals surface area (Å²) in [5.74, 6) is -0.853. The molecule has 1 atom stereocenters. The third-order valence-corrected chi connectivity index (χ3v) is 4.32. The second-order valence-corrected chi connectivity index (χ2v) is 6.24. The van der Waals surface area contributed by atoms with Crippen molar-refractivity contribution in [2.75, 3.05) is 39.3 Å². The van der Waals surface area contributed by atoms with Crippen LogP contribution in [0.5, 0.6) is 0 Å². The van der Waals surface area contributed by atoms with Gasteiger partial charge < -0.3 is 15.7 Å². The van der Waals surface area contributed by atoms with Crippen LogP contribution in [0.15, 0.2) is 30.5 Å². The molecular weight excluding hydrogens is 339 g/mol. The van der Waals surface area contributed by atoms with E-state index in [9.17, 15) is 14.3 Å². The molecule has 1 aromatic carbocycles. The van der Waals surface area contributed by atoms with E-state index in [1.165, 1.54) is 18.2 Å². The number of aromatic nitrogens is 3. The zero-order valence-electron chi connectivity index (χ0n) is 14.4. The van der Waals surface area contributed by atoms with Gasteiger partial charge in [0.25, 0.3) is 5.91 Å². The van der Waals surface area contributed by atoms with Crippen molar-refractivity contribution in [1.29, 1.82) is 0 Å². The molecule has 0 radical (unpaired) electrons. The molecule has 1 aromatic heterocycles. The van der Waals surface area contributed by atoms with Crippen molar-refractivity contribution < 1.29 is 14.3 Å². The quantitative estimate of drug-likeness (QED) is 0.631. The number of amides is 1. The van der Waals surface area contributed by atoms with E-state index >= 15 is 0 Å². The van der Waals surface area contributed by atoms with E-state index in [4.69, 9.17) is 0 Å². The van der Waals surface area contributed by atoms with Gasteiger partial charge in [-0.15, -0.1) is 5.10 Å². The van der Waals surface area contributed by atoms with Crippen molar-refractivity contribution in [2.45, 2.75) is 12.6 Å². The lowest BCUT2D eigenvalue weighted by molar-refractivity contribution is 0.0911. The van der Waals surface area contributed by atoms with Crippen LogP contribution in [0.2, 0.25) is 0 Å². The van der Waals surface area contributed by atoms with Crippen molar-refractivity contribution in [3.05, 3.63) is 47.5 Å². The fraction of sp³-hybridized carbons (Fsp3) is 0.471. The van der Waals surface area contributed by atoms with Crippen LogP contribution in [-0.2, 0) is 6.54 Å². The topological polar surface area (TPSA) is 95.3 Å². The Balaban J connectivity index is 1.46. The van der Waals surface area contributed by atoms with Crippen LogP contribution in [0, 0.1) is 5.82 Å². The molecule has 0 spiro atoms. The van der Waals surface area contributed by atoms with Crippen LogP contribution in [0.25, 0.3) is 0 Å². The number of carbonyl (C=O) groups is 1. The van der Waals surface area contributed by atoms with Crippen LogP contribution >= 0.6 is 0 Å². The minimum absolute atomic E-state index is 0.0318. The highest BCUT2D eigenvalue weighted by molar-refractivity contribution is 5.91. The Bertz CT molecular complexity index is 732. The van der Waals surface area contributed by atoms with E-state index < -0.39 is 17.8 Å². The number of rotatable bonds is 7. The highest BCUT2D eigenvalue weighted by atomic mass is 19.1. The minimum Gasteiger partial charge on any atom is -0.387 e. The third-order valence-electron chi connectivity index (χ3n) is 4.32. The summed E-state index contributed by atoms with van der Waals surface area (Å²) in [4.78, 5) is 14.5. The van der Waals surface area contributed by atoms with Gasteiger partial charge in [-0.2, -0.15) is 0 Å². The summed E-state index contributed by atoms with van der Waals surface area (Å²) in [6.07, 6.45) is 0.601. The fourth-order valence-corrected chi connectivity index (χ4v) is 2.80. The Labute approximate surface area is 151 Å². The molecule has 9 heteroatoms. The number of hydrogen-bond donors (Lipinski definition) is 3. The number of nitrogens with one attached hydrogen (secondary N) is 2. The average molecular weight is 362 g/mol. The second-order valence-electron chi connectivity index (χ2n) is 6.24. The molecule has 2 heterocycles. The summed E-state index contributed by atoms with van der Waals surface area (Å²) in [6.45, 7) is 5.45. The van der Waals surface area contributed by atoms with Crippen molar-refractivity contribution in [3.63, 3.8) is 0 Å². The van der Waals surface area contributed by atoms with Crippen LogP contribution < -0.4 is 10.6 Å². The number of nitrogens with zero attached hydrogens (tertiary/aromatic N) is 4. The van der Waals surface area contributed by atoms with Gasteiger partial charge in [0, 0.05) is 39.3 Å². The predicted molar refractivity (Wildman–Crippen MR) is 93.0 cm³/mol. The summed E-state index contributed by atoms with van der Waals surface area (Å²) in [6, 6.07) is 5.66. The van der Waals surface area contributed by atoms with Gasteiger partial charge in [0.1, 0.15) is 5.82 Å². The molecule has 1 aliphatic heterocycles. The van der Waals surface area contributed by atoms with Crippen LogP contribution in [0.3, 0.4) is 0 Å². The number of benzene rings is 1. The van der Waals surface area contributed by atoms with Crippen LogP contribution in [-0.4, -0.2) is 70.2 Å². The number of halogens is 1. The van der Waals surface area contributed by atoms with Crippen molar-refractivity contribution in [3.8, 4) is 0 Å². The lowest BCUT2D eigenvalue weighted by Gasteiger charge is -2.26. The molecule has 3 rings (SSSR count). The smallest absolute Gasteiger partial charge is 0.273 e. The van der Waals surface area contributed by atoms with Crippen LogP contribution in [0.1, 0.15) is 22.2 Å². The van der Waals surface area contributed by atoms with Crippen molar-refractivity contribution in [2.24, 2.45) is 0 Å². The highest BCUT2D eigenvalue weighted by Crippen LogP contribution is 2.13. The second kappa shape index (κ2) is 8.84. The fourth-order valence-electron chi connectivity index (χ4n) is 2.80. The van der Waals surface area contributed by atoms with Gasteiger partial charge in [0.05, 0.1) is 18.8 Å². The maximum atomic E-state index is 13.2. The monoisotopic (exact) mass is 362 g/mol. The predicted octanol–water partition coefficient (Wildman–Crippen LogP) is -0.214. The Hall–Kier alpha value is -2.36. The zero-order valence-corrected chi connectivity index (χ0v) is 14.4. The molecule has 2 aromatic rings. The number of carbonyl (C=O) groups excluding carboxylic acids is 1. The molecule has 3 N–H and O–H groups in total. The highest BCUT2D eigenvalue weighted by Gasteiger charge is 2.15. The molecular formula is C17H23FN6O2. The first-order chi connectivity index (χ1) is 12.6. The summed E-state index contributed by atoms with van der Waals surface area (Å²) >= 11 is 0. The molecule has 140 valence electrons. The maximum absolute atomic E-state index is 13.2. The lowest BCUT2D eigenvalue weighted by Crippen LogP contribution is -2.44. The largest absolute Gasteiger partial charge is 0.387 e. The van der Waals surface area contributed by atoms with E-state index in [0.29, 0.717) is 12.1 Å². The number of aliphatic hydroxyl groups excluding tert-OH is 1.